The van der Waals surface area contributed by atoms with Crippen molar-refractivity contribution < 1.29 is 19.6 Å². The van der Waals surface area contributed by atoms with Gasteiger partial charge in [-0.1, -0.05) is 41.9 Å². The lowest BCUT2D eigenvalue weighted by atomic mass is 9.77. The minimum Gasteiger partial charge on any atom is -0.512 e. The van der Waals surface area contributed by atoms with E-state index in [4.69, 9.17) is 11.6 Å². The van der Waals surface area contributed by atoms with Crippen molar-refractivity contribution in [2.75, 3.05) is 6.54 Å². The number of benzene rings is 2. The maximum atomic E-state index is 14.2. The molecular weight excluding hydrogens is 353 g/mol. The number of hydrogen-bond acceptors (Lipinski definition) is 2. The van der Waals surface area contributed by atoms with Crippen molar-refractivity contribution in [2.45, 2.75) is 31.2 Å². The average molecular weight is 373 g/mol. The van der Waals surface area contributed by atoms with Crippen molar-refractivity contribution in [3.63, 3.8) is 0 Å². The van der Waals surface area contributed by atoms with Crippen LogP contribution in [0.4, 0.5) is 4.39 Å². The van der Waals surface area contributed by atoms with E-state index >= 15 is 0 Å². The maximum absolute atomic E-state index is 14.2. The van der Waals surface area contributed by atoms with E-state index in [0.717, 1.165) is 18.5 Å². The summed E-state index contributed by atoms with van der Waals surface area (Å²) in [4.78, 5) is 12.9. The molecule has 2 aromatic rings. The lowest BCUT2D eigenvalue weighted by molar-refractivity contribution is -0.690. The first-order valence-electron chi connectivity index (χ1n) is 8.86. The van der Waals surface area contributed by atoms with Crippen LogP contribution in [0.2, 0.25) is 5.02 Å². The minimum atomic E-state index is -0.432. The maximum Gasteiger partial charge on any atom is 0.169 e. The van der Waals surface area contributed by atoms with E-state index < -0.39 is 11.7 Å². The Balaban J connectivity index is 1.71. The quantitative estimate of drug-likeness (QED) is 0.846. The van der Waals surface area contributed by atoms with Crippen LogP contribution in [0.1, 0.15) is 41.5 Å². The monoisotopic (exact) mass is 372 g/mol. The van der Waals surface area contributed by atoms with E-state index in [1.165, 1.54) is 11.6 Å². The molecule has 0 radical (unpaired) electrons. The van der Waals surface area contributed by atoms with Crippen LogP contribution >= 0.6 is 11.6 Å². The van der Waals surface area contributed by atoms with Crippen LogP contribution in [0.3, 0.4) is 0 Å². The number of hydrogen-bond donors (Lipinski definition) is 2. The molecule has 0 saturated carbocycles. The van der Waals surface area contributed by atoms with Crippen LogP contribution in [-0.4, -0.2) is 17.4 Å². The summed E-state index contributed by atoms with van der Waals surface area (Å²) < 4.78 is 14.2. The number of rotatable bonds is 2. The zero-order valence-corrected chi connectivity index (χ0v) is 15.0. The van der Waals surface area contributed by atoms with Crippen molar-refractivity contribution in [3.05, 3.63) is 81.3 Å². The number of aliphatic hydroxyl groups is 1. The van der Waals surface area contributed by atoms with Gasteiger partial charge < -0.3 is 10.4 Å². The van der Waals surface area contributed by atoms with E-state index in [1.807, 2.05) is 18.2 Å². The number of carbonyl (C=O) groups is 1. The Hall–Kier alpha value is -2.17. The fourth-order valence-corrected chi connectivity index (χ4v) is 4.56. The second kappa shape index (κ2) is 6.86. The molecule has 4 rings (SSSR count). The highest BCUT2D eigenvalue weighted by atomic mass is 35.5. The number of Topliss-reactive ketones (excluding diaryl/α,β-unsaturated/α-hetero) is 1. The number of halogens is 2. The number of quaternary nitrogens is 1. The van der Waals surface area contributed by atoms with Gasteiger partial charge in [0, 0.05) is 41.3 Å². The third-order valence-corrected chi connectivity index (χ3v) is 5.74. The molecule has 3 nitrogen and oxygen atoms in total. The van der Waals surface area contributed by atoms with Gasteiger partial charge in [-0.15, -0.1) is 0 Å². The van der Waals surface area contributed by atoms with Crippen LogP contribution in [0.15, 0.2) is 53.8 Å². The van der Waals surface area contributed by atoms with Crippen molar-refractivity contribution in [2.24, 2.45) is 0 Å². The van der Waals surface area contributed by atoms with Gasteiger partial charge in [0.25, 0.3) is 0 Å². The molecule has 26 heavy (non-hydrogen) atoms. The fourth-order valence-electron chi connectivity index (χ4n) is 4.24. The standard InChI is InChI=1S/C21H19ClFNO2/c22-15-6-3-7-16(23)19(15)13-10-17(25)20(18(26)11-13)21-14-5-2-1-4-12(14)8-9-24-21/h1-7,13,21,24-25H,8-11H2/p+1/t13-,21+/m0/s1. The Labute approximate surface area is 156 Å². The summed E-state index contributed by atoms with van der Waals surface area (Å²) in [5, 5.41) is 13.1. The van der Waals surface area contributed by atoms with Gasteiger partial charge in [-0.25, -0.2) is 4.39 Å². The second-order valence-electron chi connectivity index (χ2n) is 6.97. The molecule has 0 fully saturated rings. The molecule has 0 unspecified atom stereocenters. The third kappa shape index (κ3) is 2.93. The largest absolute Gasteiger partial charge is 0.512 e. The Morgan fingerprint density at radius 1 is 1.12 bits per heavy atom. The Morgan fingerprint density at radius 3 is 2.69 bits per heavy atom. The molecule has 5 heteroatoms. The number of ketones is 1. The number of carbonyl (C=O) groups excluding carboxylic acids is 1. The molecule has 0 bridgehead atoms. The van der Waals surface area contributed by atoms with E-state index in [9.17, 15) is 14.3 Å². The summed E-state index contributed by atoms with van der Waals surface area (Å²) in [6.07, 6.45) is 1.34. The molecular formula is C21H20ClFNO2+. The number of fused-ring (bicyclic) bond motifs is 1. The summed E-state index contributed by atoms with van der Waals surface area (Å²) >= 11 is 6.16. The highest BCUT2D eigenvalue weighted by Crippen LogP contribution is 2.41. The van der Waals surface area contributed by atoms with E-state index in [-0.39, 0.29) is 30.4 Å². The zero-order chi connectivity index (χ0) is 18.3. The SMILES string of the molecule is O=C1C[C@@H](c2c(F)cccc2Cl)CC(O)=C1[C@@H]1[NH2+]CCc2ccccc21. The molecule has 0 spiro atoms. The Bertz CT molecular complexity index is 888. The highest BCUT2D eigenvalue weighted by Gasteiger charge is 2.38. The number of nitrogens with two attached hydrogens (primary N) is 1. The molecule has 0 saturated heterocycles. The molecule has 2 atom stereocenters. The molecule has 1 aliphatic heterocycles. The number of allylic oxidation sites excluding steroid dienone is 1. The van der Waals surface area contributed by atoms with Gasteiger partial charge in [0.05, 0.1) is 12.1 Å². The first-order valence-corrected chi connectivity index (χ1v) is 9.24. The van der Waals surface area contributed by atoms with Crippen molar-refractivity contribution in [3.8, 4) is 0 Å². The van der Waals surface area contributed by atoms with Gasteiger partial charge >= 0.3 is 0 Å². The van der Waals surface area contributed by atoms with Crippen molar-refractivity contribution in [1.29, 1.82) is 0 Å². The average Bonchev–Trinajstić information content (AvgIpc) is 2.61. The van der Waals surface area contributed by atoms with E-state index in [0.29, 0.717) is 16.2 Å². The minimum absolute atomic E-state index is 0.0588. The Kier molecular flexibility index (Phi) is 4.55. The summed E-state index contributed by atoms with van der Waals surface area (Å²) in [7, 11) is 0. The third-order valence-electron chi connectivity index (χ3n) is 5.41. The molecule has 0 aromatic heterocycles. The highest BCUT2D eigenvalue weighted by molar-refractivity contribution is 6.31. The molecule has 2 aliphatic rings. The van der Waals surface area contributed by atoms with E-state index in [2.05, 4.69) is 11.4 Å². The number of aliphatic hydroxyl groups excluding tert-OH is 1. The van der Waals surface area contributed by atoms with Crippen LogP contribution in [0, 0.1) is 5.82 Å². The summed E-state index contributed by atoms with van der Waals surface area (Å²) in [6.45, 7) is 0.869. The topological polar surface area (TPSA) is 53.9 Å². The van der Waals surface area contributed by atoms with Gasteiger partial charge in [0.2, 0.25) is 0 Å². The fraction of sp³-hybridized carbons (Fsp3) is 0.286. The predicted octanol–water partition coefficient (Wildman–Crippen LogP) is 3.60. The molecule has 3 N–H and O–H groups in total. The summed E-state index contributed by atoms with van der Waals surface area (Å²) in [5.41, 5.74) is 3.07. The van der Waals surface area contributed by atoms with Gasteiger partial charge in [0.1, 0.15) is 17.6 Å². The van der Waals surface area contributed by atoms with Crippen LogP contribution < -0.4 is 5.32 Å². The van der Waals surface area contributed by atoms with Gasteiger partial charge in [0.15, 0.2) is 5.78 Å². The molecule has 134 valence electrons. The van der Waals surface area contributed by atoms with Crippen LogP contribution in [-0.2, 0) is 11.2 Å². The van der Waals surface area contributed by atoms with Crippen molar-refractivity contribution in [1.82, 2.24) is 0 Å². The molecule has 1 aliphatic carbocycles. The van der Waals surface area contributed by atoms with Gasteiger partial charge in [-0.05, 0) is 17.7 Å². The van der Waals surface area contributed by atoms with Crippen LogP contribution in [0.5, 0.6) is 0 Å². The Morgan fingerprint density at radius 2 is 1.92 bits per heavy atom. The molecule has 0 amide bonds. The second-order valence-corrected chi connectivity index (χ2v) is 7.38. The lowest BCUT2D eigenvalue weighted by Crippen LogP contribution is -2.87. The smallest absolute Gasteiger partial charge is 0.169 e. The predicted molar refractivity (Wildman–Crippen MR) is 97.7 cm³/mol. The van der Waals surface area contributed by atoms with Crippen LogP contribution in [0.25, 0.3) is 0 Å². The molecule has 1 heterocycles. The summed E-state index contributed by atoms with van der Waals surface area (Å²) in [6, 6.07) is 12.3. The normalized spacial score (nSPS) is 23.1. The first kappa shape index (κ1) is 17.3. The lowest BCUT2D eigenvalue weighted by Gasteiger charge is -2.30. The zero-order valence-electron chi connectivity index (χ0n) is 14.2. The van der Waals surface area contributed by atoms with Gasteiger partial charge in [-0.2, -0.15) is 0 Å². The summed E-state index contributed by atoms with van der Waals surface area (Å²) in [5.74, 6) is -0.931. The first-order chi connectivity index (χ1) is 12.6. The molecule has 2 aromatic carbocycles. The van der Waals surface area contributed by atoms with Crippen molar-refractivity contribution >= 4 is 17.4 Å². The van der Waals surface area contributed by atoms with E-state index in [1.54, 1.807) is 12.1 Å². The van der Waals surface area contributed by atoms with Gasteiger partial charge in [-0.3, -0.25) is 4.79 Å².